The van der Waals surface area contributed by atoms with Crippen LogP contribution in [-0.4, -0.2) is 31.6 Å². The number of nitrogens with zero attached hydrogens (tertiary/aromatic N) is 2. The number of amides is 2. The molecular weight excluding hydrogens is 376 g/mol. The molecule has 0 saturated carbocycles. The quantitative estimate of drug-likeness (QED) is 0.464. The molecule has 0 aromatic heterocycles. The minimum Gasteiger partial charge on any atom is -0.378 e. The lowest BCUT2D eigenvalue weighted by Crippen LogP contribution is -2.23. The number of fused-ring (bicyclic) bond motifs is 1. The molecule has 0 heterocycles. The Morgan fingerprint density at radius 2 is 1.60 bits per heavy atom. The molecule has 0 aliphatic rings. The zero-order valence-corrected chi connectivity index (χ0v) is 17.5. The average molecular weight is 402 g/mol. The highest BCUT2D eigenvalue weighted by molar-refractivity contribution is 6.05. The van der Waals surface area contributed by atoms with Crippen molar-refractivity contribution in [3.63, 3.8) is 0 Å². The Kier molecular flexibility index (Phi) is 6.80. The lowest BCUT2D eigenvalue weighted by molar-refractivity contribution is -0.120. The van der Waals surface area contributed by atoms with Crippen molar-refractivity contribution >= 4 is 39.7 Å². The van der Waals surface area contributed by atoms with Gasteiger partial charge in [-0.3, -0.25) is 9.59 Å². The van der Waals surface area contributed by atoms with Crippen molar-refractivity contribution in [2.24, 2.45) is 5.10 Å². The fourth-order valence-corrected chi connectivity index (χ4v) is 3.14. The maximum atomic E-state index is 12.3. The Labute approximate surface area is 176 Å². The van der Waals surface area contributed by atoms with Gasteiger partial charge in [0.15, 0.2) is 0 Å². The van der Waals surface area contributed by atoms with E-state index in [1.54, 1.807) is 6.92 Å². The summed E-state index contributed by atoms with van der Waals surface area (Å²) in [6, 6.07) is 21.4. The third kappa shape index (κ3) is 5.67. The van der Waals surface area contributed by atoms with Crippen LogP contribution in [0.15, 0.2) is 71.8 Å². The van der Waals surface area contributed by atoms with Crippen LogP contribution in [0.25, 0.3) is 10.8 Å². The summed E-state index contributed by atoms with van der Waals surface area (Å²) in [5, 5.41) is 9.05. The van der Waals surface area contributed by atoms with E-state index in [-0.39, 0.29) is 24.7 Å². The van der Waals surface area contributed by atoms with Gasteiger partial charge in [-0.1, -0.05) is 42.5 Å². The molecule has 3 aromatic rings. The zero-order chi connectivity index (χ0) is 21.5. The van der Waals surface area contributed by atoms with E-state index in [0.29, 0.717) is 5.71 Å². The van der Waals surface area contributed by atoms with Gasteiger partial charge in [-0.25, -0.2) is 5.43 Å². The summed E-state index contributed by atoms with van der Waals surface area (Å²) in [4.78, 5) is 26.5. The Hall–Kier alpha value is -3.67. The Balaban J connectivity index is 1.52. The third-order valence-corrected chi connectivity index (χ3v) is 4.69. The van der Waals surface area contributed by atoms with Crippen LogP contribution in [0, 0.1) is 0 Å². The second kappa shape index (κ2) is 9.69. The van der Waals surface area contributed by atoms with Crippen molar-refractivity contribution in [1.82, 2.24) is 5.43 Å². The van der Waals surface area contributed by atoms with Crippen molar-refractivity contribution < 1.29 is 9.59 Å². The van der Waals surface area contributed by atoms with E-state index >= 15 is 0 Å². The van der Waals surface area contributed by atoms with Gasteiger partial charge in [0.2, 0.25) is 11.8 Å². The van der Waals surface area contributed by atoms with E-state index in [4.69, 9.17) is 0 Å². The number of carbonyl (C=O) groups is 2. The van der Waals surface area contributed by atoms with E-state index in [1.807, 2.05) is 85.7 Å². The molecular formula is C24H26N4O2. The first-order chi connectivity index (χ1) is 14.4. The standard InChI is InChI=1S/C24H26N4O2/c1-17(15-23(29)25-20-11-13-21(14-12-20)28(2)3)26-27-24(30)16-19-9-6-8-18-7-4-5-10-22(18)19/h4-14H,15-16H2,1-3H3,(H,25,29)(H,27,30). The highest BCUT2D eigenvalue weighted by Gasteiger charge is 2.08. The van der Waals surface area contributed by atoms with Crippen molar-refractivity contribution in [2.45, 2.75) is 19.8 Å². The monoisotopic (exact) mass is 402 g/mol. The van der Waals surface area contributed by atoms with Crippen LogP contribution < -0.4 is 15.6 Å². The van der Waals surface area contributed by atoms with Crippen LogP contribution in [0.2, 0.25) is 0 Å². The molecule has 2 N–H and O–H groups in total. The highest BCUT2D eigenvalue weighted by Crippen LogP contribution is 2.19. The SMILES string of the molecule is CC(CC(=O)Nc1ccc(N(C)C)cc1)=NNC(=O)Cc1cccc2ccccc12. The van der Waals surface area contributed by atoms with Crippen LogP contribution in [-0.2, 0) is 16.0 Å². The van der Waals surface area contributed by atoms with Crippen LogP contribution in [0.1, 0.15) is 18.9 Å². The maximum absolute atomic E-state index is 12.3. The molecule has 3 rings (SSSR count). The summed E-state index contributed by atoms with van der Waals surface area (Å²) in [6.07, 6.45) is 0.326. The summed E-state index contributed by atoms with van der Waals surface area (Å²) in [7, 11) is 3.92. The first-order valence-electron chi connectivity index (χ1n) is 9.78. The third-order valence-electron chi connectivity index (χ3n) is 4.69. The van der Waals surface area contributed by atoms with Crippen LogP contribution >= 0.6 is 0 Å². The topological polar surface area (TPSA) is 73.8 Å². The van der Waals surface area contributed by atoms with Crippen molar-refractivity contribution in [1.29, 1.82) is 0 Å². The Morgan fingerprint density at radius 1 is 0.900 bits per heavy atom. The van der Waals surface area contributed by atoms with E-state index < -0.39 is 0 Å². The van der Waals surface area contributed by atoms with Gasteiger partial charge < -0.3 is 10.2 Å². The minimum atomic E-state index is -0.217. The summed E-state index contributed by atoms with van der Waals surface area (Å²) < 4.78 is 0. The molecule has 0 fully saturated rings. The molecule has 6 heteroatoms. The highest BCUT2D eigenvalue weighted by atomic mass is 16.2. The molecule has 0 spiro atoms. The van der Waals surface area contributed by atoms with E-state index in [1.165, 1.54) is 0 Å². The zero-order valence-electron chi connectivity index (χ0n) is 17.5. The van der Waals surface area contributed by atoms with E-state index in [2.05, 4.69) is 15.8 Å². The molecule has 0 aliphatic carbocycles. The predicted octanol–water partition coefficient (Wildman–Crippen LogP) is 3.97. The lowest BCUT2D eigenvalue weighted by atomic mass is 10.0. The summed E-state index contributed by atoms with van der Waals surface area (Å²) >= 11 is 0. The first kappa shape index (κ1) is 21.0. The van der Waals surface area contributed by atoms with Gasteiger partial charge >= 0.3 is 0 Å². The molecule has 0 atom stereocenters. The smallest absolute Gasteiger partial charge is 0.244 e. The minimum absolute atomic E-state index is 0.101. The fraction of sp³-hybridized carbons (Fsp3) is 0.208. The summed E-state index contributed by atoms with van der Waals surface area (Å²) in [6.45, 7) is 1.72. The Bertz CT molecular complexity index is 1070. The molecule has 30 heavy (non-hydrogen) atoms. The van der Waals surface area contributed by atoms with Gasteiger partial charge in [0, 0.05) is 31.2 Å². The van der Waals surface area contributed by atoms with Gasteiger partial charge in [-0.15, -0.1) is 0 Å². The average Bonchev–Trinajstić information content (AvgIpc) is 2.73. The van der Waals surface area contributed by atoms with Crippen molar-refractivity contribution in [3.05, 3.63) is 72.3 Å². The Morgan fingerprint density at radius 3 is 2.33 bits per heavy atom. The van der Waals surface area contributed by atoms with Crippen LogP contribution in [0.5, 0.6) is 0 Å². The number of hydrogen-bond donors (Lipinski definition) is 2. The molecule has 2 amide bonds. The molecule has 0 unspecified atom stereocenters. The second-order valence-corrected chi connectivity index (χ2v) is 7.36. The fourth-order valence-electron chi connectivity index (χ4n) is 3.14. The number of anilines is 2. The molecule has 6 nitrogen and oxygen atoms in total. The second-order valence-electron chi connectivity index (χ2n) is 7.36. The molecule has 3 aromatic carbocycles. The normalized spacial score (nSPS) is 11.2. The molecule has 0 radical (unpaired) electrons. The summed E-state index contributed by atoms with van der Waals surface area (Å²) in [5.74, 6) is -0.400. The summed E-state index contributed by atoms with van der Waals surface area (Å²) in [5.41, 5.74) is 5.80. The first-order valence-corrected chi connectivity index (χ1v) is 9.78. The number of rotatable bonds is 7. The van der Waals surface area contributed by atoms with E-state index in [0.717, 1.165) is 27.7 Å². The van der Waals surface area contributed by atoms with Crippen molar-refractivity contribution in [3.8, 4) is 0 Å². The number of nitrogens with one attached hydrogen (secondary N) is 2. The number of benzene rings is 3. The van der Waals surface area contributed by atoms with Gasteiger partial charge in [0.05, 0.1) is 12.8 Å². The predicted molar refractivity (Wildman–Crippen MR) is 123 cm³/mol. The largest absolute Gasteiger partial charge is 0.378 e. The molecule has 154 valence electrons. The lowest BCUT2D eigenvalue weighted by Gasteiger charge is -2.13. The van der Waals surface area contributed by atoms with Gasteiger partial charge in [-0.2, -0.15) is 5.10 Å². The van der Waals surface area contributed by atoms with Gasteiger partial charge in [0.1, 0.15) is 0 Å². The molecule has 0 saturated heterocycles. The number of hydrazone groups is 1. The van der Waals surface area contributed by atoms with Crippen LogP contribution in [0.4, 0.5) is 11.4 Å². The molecule has 0 aliphatic heterocycles. The maximum Gasteiger partial charge on any atom is 0.244 e. The van der Waals surface area contributed by atoms with Gasteiger partial charge in [-0.05, 0) is 47.5 Å². The van der Waals surface area contributed by atoms with E-state index in [9.17, 15) is 9.59 Å². The van der Waals surface area contributed by atoms with Crippen LogP contribution in [0.3, 0.4) is 0 Å². The number of carbonyl (C=O) groups excluding carboxylic acids is 2. The number of hydrogen-bond acceptors (Lipinski definition) is 4. The van der Waals surface area contributed by atoms with Gasteiger partial charge in [0.25, 0.3) is 0 Å². The molecule has 0 bridgehead atoms. The van der Waals surface area contributed by atoms with Crippen molar-refractivity contribution in [2.75, 3.05) is 24.3 Å².